The lowest BCUT2D eigenvalue weighted by molar-refractivity contribution is -0.173. The van der Waals surface area contributed by atoms with Crippen LogP contribution >= 0.6 is 0 Å². The molecule has 0 spiro atoms. The lowest BCUT2D eigenvalue weighted by atomic mass is 10.2. The topological polar surface area (TPSA) is 60.2 Å². The van der Waals surface area contributed by atoms with Crippen LogP contribution in [0.1, 0.15) is 17.2 Å². The molecular formula is C12H7F6NO3S. The lowest BCUT2D eigenvalue weighted by Crippen LogP contribution is -2.12. The fourth-order valence-electron chi connectivity index (χ4n) is 1.62. The number of oxazole rings is 1. The van der Waals surface area contributed by atoms with Crippen LogP contribution in [0.3, 0.4) is 0 Å². The SMILES string of the molecule is Cc1ccc(S(=O)(=O)c2nc(C(F)(F)F)oc2C(F)(F)F)cc1. The number of rotatable bonds is 2. The van der Waals surface area contributed by atoms with Crippen LogP contribution in [-0.2, 0) is 22.2 Å². The number of hydrogen-bond donors (Lipinski definition) is 0. The van der Waals surface area contributed by atoms with E-state index in [1.54, 1.807) is 6.92 Å². The maximum Gasteiger partial charge on any atom is 0.468 e. The van der Waals surface area contributed by atoms with Gasteiger partial charge in [0.15, 0.2) is 0 Å². The Kier molecular flexibility index (Phi) is 3.95. The minimum Gasteiger partial charge on any atom is -0.427 e. The molecule has 0 unspecified atom stereocenters. The number of halogens is 6. The van der Waals surface area contributed by atoms with Crippen LogP contribution in [0.25, 0.3) is 0 Å². The Bertz CT molecular complexity index is 818. The molecule has 1 aromatic carbocycles. The van der Waals surface area contributed by atoms with E-state index in [0.717, 1.165) is 12.1 Å². The highest BCUT2D eigenvalue weighted by atomic mass is 32.2. The van der Waals surface area contributed by atoms with Crippen LogP contribution in [0.5, 0.6) is 0 Å². The highest BCUT2D eigenvalue weighted by Crippen LogP contribution is 2.40. The Labute approximate surface area is 125 Å². The smallest absolute Gasteiger partial charge is 0.427 e. The monoisotopic (exact) mass is 359 g/mol. The molecule has 0 bridgehead atoms. The minimum atomic E-state index is -5.45. The van der Waals surface area contributed by atoms with Crippen LogP contribution in [-0.4, -0.2) is 13.4 Å². The third-order valence-corrected chi connectivity index (χ3v) is 4.36. The summed E-state index contributed by atoms with van der Waals surface area (Å²) < 4.78 is 104. The van der Waals surface area contributed by atoms with Crippen LogP contribution in [0.2, 0.25) is 0 Å². The number of hydrogen-bond acceptors (Lipinski definition) is 4. The summed E-state index contributed by atoms with van der Waals surface area (Å²) in [5.74, 6) is -4.60. The Hall–Kier alpha value is -2.04. The van der Waals surface area contributed by atoms with E-state index in [-0.39, 0.29) is 0 Å². The molecule has 0 N–H and O–H groups in total. The molecule has 4 nitrogen and oxygen atoms in total. The van der Waals surface area contributed by atoms with Gasteiger partial charge < -0.3 is 4.42 Å². The minimum absolute atomic E-state index is 0.608. The molecule has 0 saturated carbocycles. The van der Waals surface area contributed by atoms with Crippen molar-refractivity contribution in [2.24, 2.45) is 0 Å². The molecule has 0 aliphatic heterocycles. The second-order valence-corrected chi connectivity index (χ2v) is 6.33. The van der Waals surface area contributed by atoms with Gasteiger partial charge >= 0.3 is 18.2 Å². The van der Waals surface area contributed by atoms with Gasteiger partial charge in [0, 0.05) is 0 Å². The summed E-state index contributed by atoms with van der Waals surface area (Å²) in [5, 5.41) is -1.82. The van der Waals surface area contributed by atoms with Crippen molar-refractivity contribution in [3.8, 4) is 0 Å². The zero-order valence-electron chi connectivity index (χ0n) is 11.2. The Morgan fingerprint density at radius 3 is 1.91 bits per heavy atom. The van der Waals surface area contributed by atoms with Crippen LogP contribution < -0.4 is 0 Å². The fourth-order valence-corrected chi connectivity index (χ4v) is 2.94. The van der Waals surface area contributed by atoms with E-state index in [4.69, 9.17) is 0 Å². The first-order valence-corrected chi connectivity index (χ1v) is 7.29. The largest absolute Gasteiger partial charge is 0.468 e. The van der Waals surface area contributed by atoms with Gasteiger partial charge in [0.05, 0.1) is 4.90 Å². The summed E-state index contributed by atoms with van der Waals surface area (Å²) in [4.78, 5) is 1.89. The second-order valence-electron chi connectivity index (χ2n) is 4.47. The molecule has 0 aliphatic carbocycles. The number of aryl methyl sites for hydroxylation is 1. The van der Waals surface area contributed by atoms with E-state index < -0.39 is 43.8 Å². The van der Waals surface area contributed by atoms with Crippen molar-refractivity contribution in [3.05, 3.63) is 41.5 Å². The van der Waals surface area contributed by atoms with Crippen molar-refractivity contribution in [1.82, 2.24) is 4.98 Å². The zero-order valence-corrected chi connectivity index (χ0v) is 12.0. The molecule has 23 heavy (non-hydrogen) atoms. The van der Waals surface area contributed by atoms with Crippen LogP contribution in [0.15, 0.2) is 38.6 Å². The van der Waals surface area contributed by atoms with Gasteiger partial charge in [-0.1, -0.05) is 17.7 Å². The number of sulfone groups is 1. The van der Waals surface area contributed by atoms with Crippen LogP contribution in [0.4, 0.5) is 26.3 Å². The maximum atomic E-state index is 12.8. The molecule has 1 aromatic heterocycles. The van der Waals surface area contributed by atoms with Gasteiger partial charge in [-0.25, -0.2) is 8.42 Å². The summed E-state index contributed by atoms with van der Waals surface area (Å²) in [6, 6.07) is 4.50. The molecule has 0 fully saturated rings. The fraction of sp³-hybridized carbons (Fsp3) is 0.250. The van der Waals surface area contributed by atoms with E-state index in [2.05, 4.69) is 9.40 Å². The van der Waals surface area contributed by atoms with Crippen LogP contribution in [0, 0.1) is 6.92 Å². The molecule has 11 heteroatoms. The van der Waals surface area contributed by atoms with Gasteiger partial charge in [-0.05, 0) is 19.1 Å². The molecule has 2 aromatic rings. The highest BCUT2D eigenvalue weighted by molar-refractivity contribution is 7.91. The summed E-state index contributed by atoms with van der Waals surface area (Å²) in [6.07, 6.45) is -10.8. The number of benzene rings is 1. The van der Waals surface area contributed by atoms with Gasteiger partial charge in [-0.3, -0.25) is 0 Å². The molecule has 126 valence electrons. The number of alkyl halides is 6. The summed E-state index contributed by atoms with van der Waals surface area (Å²) >= 11 is 0. The van der Waals surface area contributed by atoms with E-state index in [9.17, 15) is 34.8 Å². The predicted molar refractivity (Wildman–Crippen MR) is 63.1 cm³/mol. The molecular weight excluding hydrogens is 352 g/mol. The van der Waals surface area contributed by atoms with Crippen molar-refractivity contribution < 1.29 is 39.2 Å². The van der Waals surface area contributed by atoms with Gasteiger partial charge in [0.2, 0.25) is 20.6 Å². The molecule has 0 radical (unpaired) electrons. The van der Waals surface area contributed by atoms with Crippen molar-refractivity contribution in [2.45, 2.75) is 29.2 Å². The van der Waals surface area contributed by atoms with E-state index in [0.29, 0.717) is 5.56 Å². The van der Waals surface area contributed by atoms with Crippen molar-refractivity contribution >= 4 is 9.84 Å². The van der Waals surface area contributed by atoms with Crippen molar-refractivity contribution in [2.75, 3.05) is 0 Å². The molecule has 1 heterocycles. The maximum absolute atomic E-state index is 12.8. The van der Waals surface area contributed by atoms with E-state index in [1.165, 1.54) is 12.1 Å². The first-order valence-electron chi connectivity index (χ1n) is 5.80. The molecule has 0 saturated heterocycles. The van der Waals surface area contributed by atoms with Crippen molar-refractivity contribution in [1.29, 1.82) is 0 Å². The summed E-state index contributed by atoms with van der Waals surface area (Å²) in [7, 11) is -4.93. The van der Waals surface area contributed by atoms with Gasteiger partial charge in [0.1, 0.15) is 0 Å². The molecule has 0 aliphatic rings. The zero-order chi connectivity index (χ0) is 17.6. The van der Waals surface area contributed by atoms with Gasteiger partial charge in [-0.15, -0.1) is 0 Å². The molecule has 0 atom stereocenters. The Balaban J connectivity index is 2.70. The third kappa shape index (κ3) is 3.33. The Morgan fingerprint density at radius 1 is 0.957 bits per heavy atom. The molecule has 0 amide bonds. The van der Waals surface area contributed by atoms with E-state index >= 15 is 0 Å². The van der Waals surface area contributed by atoms with Gasteiger partial charge in [-0.2, -0.15) is 31.3 Å². The highest BCUT2D eigenvalue weighted by Gasteiger charge is 2.48. The first kappa shape index (κ1) is 17.3. The number of nitrogens with zero attached hydrogens (tertiary/aromatic N) is 1. The average molecular weight is 359 g/mol. The van der Waals surface area contributed by atoms with Gasteiger partial charge in [0.25, 0.3) is 0 Å². The second kappa shape index (κ2) is 5.25. The average Bonchev–Trinajstić information content (AvgIpc) is 2.84. The standard InChI is InChI=1S/C12H7F6NO3S/c1-6-2-4-7(5-3-6)23(20,21)9-8(11(13,14)15)22-10(19-9)12(16,17)18/h2-5H,1H3. The molecule has 2 rings (SSSR count). The van der Waals surface area contributed by atoms with E-state index in [1.807, 2.05) is 0 Å². The van der Waals surface area contributed by atoms with Crippen molar-refractivity contribution in [3.63, 3.8) is 0 Å². The first-order chi connectivity index (χ1) is 10.3. The lowest BCUT2D eigenvalue weighted by Gasteiger charge is -2.06. The summed E-state index contributed by atoms with van der Waals surface area (Å²) in [6.45, 7) is 1.59. The Morgan fingerprint density at radius 2 is 1.48 bits per heavy atom. The summed E-state index contributed by atoms with van der Waals surface area (Å²) in [5.41, 5.74) is 0.608. The quantitative estimate of drug-likeness (QED) is 0.764. The third-order valence-electron chi connectivity index (χ3n) is 2.68. The predicted octanol–water partition coefficient (Wildman–Crippen LogP) is 3.85. The number of aromatic nitrogens is 1. The normalized spacial score (nSPS) is 13.3.